The van der Waals surface area contributed by atoms with Gasteiger partial charge in [-0.2, -0.15) is 0 Å². The zero-order valence-corrected chi connectivity index (χ0v) is 18.6. The van der Waals surface area contributed by atoms with Crippen LogP contribution in [-0.4, -0.2) is 72.3 Å². The molecule has 0 unspecified atom stereocenters. The van der Waals surface area contributed by atoms with E-state index in [9.17, 15) is 4.79 Å². The number of hydrogen-bond acceptors (Lipinski definition) is 7. The number of nitrogens with zero attached hydrogens (tertiary/aromatic N) is 3. The summed E-state index contributed by atoms with van der Waals surface area (Å²) >= 11 is 0. The van der Waals surface area contributed by atoms with Gasteiger partial charge < -0.3 is 19.8 Å². The van der Waals surface area contributed by atoms with Crippen molar-refractivity contribution in [2.75, 3.05) is 51.8 Å². The van der Waals surface area contributed by atoms with Crippen molar-refractivity contribution in [2.24, 2.45) is 0 Å². The molecular formula is C25H27N5O3. The average molecular weight is 446 g/mol. The Morgan fingerprint density at radius 2 is 1.97 bits per heavy atom. The number of nitrogens with one attached hydrogen (secondary N) is 2. The second-order valence-corrected chi connectivity index (χ2v) is 8.13. The third kappa shape index (κ3) is 4.67. The molecule has 0 bridgehead atoms. The third-order valence-electron chi connectivity index (χ3n) is 5.95. The molecule has 0 atom stereocenters. The van der Waals surface area contributed by atoms with E-state index >= 15 is 0 Å². The van der Waals surface area contributed by atoms with Crippen LogP contribution >= 0.6 is 0 Å². The summed E-state index contributed by atoms with van der Waals surface area (Å²) in [6.45, 7) is 5.14. The second kappa shape index (κ2) is 9.56. The van der Waals surface area contributed by atoms with Gasteiger partial charge in [-0.15, -0.1) is 0 Å². The summed E-state index contributed by atoms with van der Waals surface area (Å²) in [7, 11) is 1.38. The summed E-state index contributed by atoms with van der Waals surface area (Å²) in [5.74, 6) is 1.17. The number of H-pyrrole nitrogens is 1. The van der Waals surface area contributed by atoms with Crippen molar-refractivity contribution in [1.82, 2.24) is 19.9 Å². The molecule has 4 aromatic rings. The normalized spacial score (nSPS) is 14.6. The molecule has 5 rings (SSSR count). The largest absolute Gasteiger partial charge is 0.465 e. The number of morpholine rings is 1. The Balaban J connectivity index is 1.50. The Morgan fingerprint density at radius 3 is 2.76 bits per heavy atom. The van der Waals surface area contributed by atoms with E-state index in [1.54, 1.807) is 12.1 Å². The van der Waals surface area contributed by atoms with Crippen LogP contribution in [-0.2, 0) is 15.9 Å². The molecule has 1 aliphatic heterocycles. The van der Waals surface area contributed by atoms with Crippen LogP contribution in [0.5, 0.6) is 0 Å². The van der Waals surface area contributed by atoms with E-state index in [0.29, 0.717) is 12.0 Å². The number of benzene rings is 2. The Morgan fingerprint density at radius 1 is 1.15 bits per heavy atom. The summed E-state index contributed by atoms with van der Waals surface area (Å²) in [5, 5.41) is 5.44. The highest BCUT2D eigenvalue weighted by Gasteiger charge is 2.17. The second-order valence-electron chi connectivity index (χ2n) is 8.13. The zero-order valence-electron chi connectivity index (χ0n) is 18.6. The van der Waals surface area contributed by atoms with Gasteiger partial charge in [-0.05, 0) is 17.7 Å². The fraction of sp³-hybridized carbons (Fsp3) is 0.320. The molecule has 2 N–H and O–H groups in total. The number of carbonyl (C=O) groups is 1. The Bertz CT molecular complexity index is 1270. The van der Waals surface area contributed by atoms with E-state index in [1.807, 2.05) is 24.3 Å². The minimum Gasteiger partial charge on any atom is -0.465 e. The van der Waals surface area contributed by atoms with Gasteiger partial charge in [0, 0.05) is 43.5 Å². The molecule has 2 aromatic heterocycles. The lowest BCUT2D eigenvalue weighted by atomic mass is 10.1. The summed E-state index contributed by atoms with van der Waals surface area (Å²) in [6.07, 6.45) is 0.637. The summed E-state index contributed by atoms with van der Waals surface area (Å²) < 4.78 is 10.3. The van der Waals surface area contributed by atoms with Crippen molar-refractivity contribution < 1.29 is 14.3 Å². The van der Waals surface area contributed by atoms with Crippen LogP contribution in [0.1, 0.15) is 21.7 Å². The zero-order chi connectivity index (χ0) is 22.6. The Hall–Kier alpha value is -3.49. The molecule has 0 radical (unpaired) electrons. The van der Waals surface area contributed by atoms with E-state index in [1.165, 1.54) is 7.11 Å². The highest BCUT2D eigenvalue weighted by Crippen LogP contribution is 2.30. The number of aromatic amines is 1. The molecule has 1 aliphatic rings. The fourth-order valence-electron chi connectivity index (χ4n) is 4.23. The van der Waals surface area contributed by atoms with Crippen molar-refractivity contribution in [3.63, 3.8) is 0 Å². The first-order valence-corrected chi connectivity index (χ1v) is 11.2. The number of rotatable bonds is 7. The SMILES string of the molecule is COC(=O)c1ccc2c(c1)[nH]c1nc(Cc3ccccc3)nc(NCCN3CCOCC3)c12. The number of fused-ring (bicyclic) bond motifs is 3. The molecular weight excluding hydrogens is 418 g/mol. The van der Waals surface area contributed by atoms with Gasteiger partial charge in [0.05, 0.1) is 31.3 Å². The quantitative estimate of drug-likeness (QED) is 0.422. The van der Waals surface area contributed by atoms with E-state index in [2.05, 4.69) is 27.3 Å². The first kappa shape index (κ1) is 21.4. The first-order valence-electron chi connectivity index (χ1n) is 11.2. The van der Waals surface area contributed by atoms with Gasteiger partial charge in [0.1, 0.15) is 17.3 Å². The van der Waals surface area contributed by atoms with Crippen molar-refractivity contribution >= 4 is 33.7 Å². The molecule has 8 heteroatoms. The lowest BCUT2D eigenvalue weighted by molar-refractivity contribution is 0.0398. The van der Waals surface area contributed by atoms with Crippen LogP contribution in [0, 0.1) is 0 Å². The van der Waals surface area contributed by atoms with Gasteiger partial charge in [0.15, 0.2) is 0 Å². The van der Waals surface area contributed by atoms with E-state index < -0.39 is 0 Å². The van der Waals surface area contributed by atoms with Crippen molar-refractivity contribution in [3.8, 4) is 0 Å². The molecule has 33 heavy (non-hydrogen) atoms. The molecule has 170 valence electrons. The predicted octanol–water partition coefficient (Wildman–Crippen LogP) is 3.23. The summed E-state index contributed by atoms with van der Waals surface area (Å²) in [6, 6.07) is 15.7. The van der Waals surface area contributed by atoms with E-state index in [0.717, 1.165) is 78.5 Å². The monoisotopic (exact) mass is 445 g/mol. The first-order chi connectivity index (χ1) is 16.2. The summed E-state index contributed by atoms with van der Waals surface area (Å²) in [5.41, 5.74) is 3.23. The number of anilines is 1. The van der Waals surface area contributed by atoms with Gasteiger partial charge in [0.2, 0.25) is 0 Å². The van der Waals surface area contributed by atoms with Gasteiger partial charge in [-0.1, -0.05) is 36.4 Å². The third-order valence-corrected chi connectivity index (χ3v) is 5.95. The number of ether oxygens (including phenoxy) is 2. The van der Waals surface area contributed by atoms with E-state index in [4.69, 9.17) is 19.4 Å². The van der Waals surface area contributed by atoms with Crippen LogP contribution in [0.4, 0.5) is 5.82 Å². The van der Waals surface area contributed by atoms with Crippen LogP contribution in [0.2, 0.25) is 0 Å². The molecule has 0 amide bonds. The maximum atomic E-state index is 12.0. The number of carbonyl (C=O) groups excluding carboxylic acids is 1. The lowest BCUT2D eigenvalue weighted by Crippen LogP contribution is -2.39. The molecule has 1 fully saturated rings. The maximum absolute atomic E-state index is 12.0. The lowest BCUT2D eigenvalue weighted by Gasteiger charge is -2.26. The highest BCUT2D eigenvalue weighted by molar-refractivity contribution is 6.12. The van der Waals surface area contributed by atoms with E-state index in [-0.39, 0.29) is 5.97 Å². The molecule has 3 heterocycles. The minimum absolute atomic E-state index is 0.365. The predicted molar refractivity (Wildman–Crippen MR) is 128 cm³/mol. The maximum Gasteiger partial charge on any atom is 0.337 e. The molecule has 1 saturated heterocycles. The van der Waals surface area contributed by atoms with Crippen LogP contribution in [0.25, 0.3) is 21.9 Å². The van der Waals surface area contributed by atoms with Crippen LogP contribution in [0.15, 0.2) is 48.5 Å². The number of methoxy groups -OCH3 is 1. The Labute approximate surface area is 191 Å². The van der Waals surface area contributed by atoms with Crippen molar-refractivity contribution in [1.29, 1.82) is 0 Å². The van der Waals surface area contributed by atoms with Gasteiger partial charge in [0.25, 0.3) is 0 Å². The standard InChI is InChI=1S/C25H27N5O3/c1-32-25(31)18-7-8-19-20(16-18)27-24-22(19)23(26-9-10-30-11-13-33-14-12-30)28-21(29-24)15-17-5-3-2-4-6-17/h2-8,16H,9-15H2,1H3,(H2,26,27,28,29). The molecule has 2 aromatic carbocycles. The van der Waals surface area contributed by atoms with Crippen LogP contribution in [0.3, 0.4) is 0 Å². The fourth-order valence-corrected chi connectivity index (χ4v) is 4.23. The molecule has 0 spiro atoms. The van der Waals surface area contributed by atoms with Gasteiger partial charge in [-0.3, -0.25) is 4.90 Å². The van der Waals surface area contributed by atoms with Gasteiger partial charge in [-0.25, -0.2) is 14.8 Å². The number of esters is 1. The molecule has 0 aliphatic carbocycles. The van der Waals surface area contributed by atoms with Crippen LogP contribution < -0.4 is 5.32 Å². The highest BCUT2D eigenvalue weighted by atomic mass is 16.5. The topological polar surface area (TPSA) is 92.4 Å². The molecule has 8 nitrogen and oxygen atoms in total. The minimum atomic E-state index is -0.365. The van der Waals surface area contributed by atoms with Crippen molar-refractivity contribution in [2.45, 2.75) is 6.42 Å². The summed E-state index contributed by atoms with van der Waals surface area (Å²) in [4.78, 5) is 27.5. The Kier molecular flexibility index (Phi) is 6.19. The smallest absolute Gasteiger partial charge is 0.337 e. The average Bonchev–Trinajstić information content (AvgIpc) is 3.22. The van der Waals surface area contributed by atoms with Gasteiger partial charge >= 0.3 is 5.97 Å². The molecule has 0 saturated carbocycles. The number of aromatic nitrogens is 3. The number of hydrogen-bond donors (Lipinski definition) is 2. The van der Waals surface area contributed by atoms with Crippen molar-refractivity contribution in [3.05, 3.63) is 65.5 Å².